The van der Waals surface area contributed by atoms with E-state index < -0.39 is 0 Å². The molecule has 118 valence electrons. The van der Waals surface area contributed by atoms with Gasteiger partial charge in [0.2, 0.25) is 0 Å². The second-order valence-corrected chi connectivity index (χ2v) is 5.82. The van der Waals surface area contributed by atoms with Crippen LogP contribution in [0.25, 0.3) is 5.69 Å². The van der Waals surface area contributed by atoms with Crippen LogP contribution in [0, 0.1) is 11.2 Å². The molecule has 2 rings (SSSR count). The van der Waals surface area contributed by atoms with Crippen molar-refractivity contribution >= 4 is 5.91 Å². The maximum Gasteiger partial charge on any atom is 0.273 e. The van der Waals surface area contributed by atoms with Gasteiger partial charge in [-0.15, -0.1) is 5.10 Å². The Hall–Kier alpha value is -2.28. The lowest BCUT2D eigenvalue weighted by Crippen LogP contribution is -2.34. The van der Waals surface area contributed by atoms with Crippen LogP contribution in [0.1, 0.15) is 30.8 Å². The van der Waals surface area contributed by atoms with Gasteiger partial charge in [-0.25, -0.2) is 4.39 Å². The van der Waals surface area contributed by atoms with Gasteiger partial charge in [-0.05, 0) is 36.1 Å². The third-order valence-corrected chi connectivity index (χ3v) is 3.30. The van der Waals surface area contributed by atoms with Crippen molar-refractivity contribution in [2.45, 2.75) is 20.3 Å². The van der Waals surface area contributed by atoms with Gasteiger partial charge in [0.15, 0.2) is 5.69 Å². The average molecular weight is 306 g/mol. The molecule has 0 radical (unpaired) electrons. The van der Waals surface area contributed by atoms with Crippen molar-refractivity contribution in [2.75, 3.05) is 13.2 Å². The number of amides is 1. The fraction of sp³-hybridized carbons (Fsp3) is 0.400. The molecule has 22 heavy (non-hydrogen) atoms. The number of halogens is 1. The highest BCUT2D eigenvalue weighted by Gasteiger charge is 2.19. The second-order valence-electron chi connectivity index (χ2n) is 5.82. The van der Waals surface area contributed by atoms with Crippen molar-refractivity contribution in [3.63, 3.8) is 0 Å². The van der Waals surface area contributed by atoms with E-state index >= 15 is 0 Å². The molecule has 7 heteroatoms. The largest absolute Gasteiger partial charge is 0.396 e. The number of carbonyl (C=O) groups is 1. The Morgan fingerprint density at radius 2 is 2.05 bits per heavy atom. The Bertz CT molecular complexity index is 637. The molecule has 1 amide bonds. The van der Waals surface area contributed by atoms with Crippen molar-refractivity contribution < 1.29 is 14.3 Å². The van der Waals surface area contributed by atoms with Gasteiger partial charge < -0.3 is 10.4 Å². The van der Waals surface area contributed by atoms with E-state index in [1.807, 2.05) is 13.8 Å². The first-order valence-corrected chi connectivity index (χ1v) is 6.99. The van der Waals surface area contributed by atoms with E-state index in [2.05, 4.69) is 15.5 Å². The second kappa shape index (κ2) is 6.65. The smallest absolute Gasteiger partial charge is 0.273 e. The Morgan fingerprint density at radius 1 is 1.36 bits per heavy atom. The summed E-state index contributed by atoms with van der Waals surface area (Å²) in [6.07, 6.45) is 1.95. The zero-order valence-electron chi connectivity index (χ0n) is 12.6. The molecular weight excluding hydrogens is 287 g/mol. The lowest BCUT2D eigenvalue weighted by atomic mass is 9.90. The normalized spacial score (nSPS) is 11.5. The zero-order valence-corrected chi connectivity index (χ0v) is 12.6. The molecule has 6 nitrogen and oxygen atoms in total. The number of rotatable bonds is 6. The molecule has 1 heterocycles. The molecule has 0 saturated carbocycles. The van der Waals surface area contributed by atoms with Crippen LogP contribution in [-0.4, -0.2) is 39.2 Å². The summed E-state index contributed by atoms with van der Waals surface area (Å²) < 4.78 is 12.9. The third kappa shape index (κ3) is 4.11. The number of nitrogens with one attached hydrogen (secondary N) is 1. The van der Waals surface area contributed by atoms with Crippen LogP contribution in [0.4, 0.5) is 4.39 Å². The molecule has 0 aliphatic rings. The molecule has 0 unspecified atom stereocenters. The maximum absolute atomic E-state index is 12.9. The Kier molecular flexibility index (Phi) is 4.87. The first-order valence-electron chi connectivity index (χ1n) is 6.99. The van der Waals surface area contributed by atoms with Gasteiger partial charge in [0.1, 0.15) is 5.82 Å². The Balaban J connectivity index is 2.02. The Morgan fingerprint density at radius 3 is 2.68 bits per heavy atom. The van der Waals surface area contributed by atoms with Gasteiger partial charge in [-0.2, -0.15) is 9.90 Å². The lowest BCUT2D eigenvalue weighted by Gasteiger charge is -2.23. The molecule has 0 saturated heterocycles. The van der Waals surface area contributed by atoms with E-state index in [0.29, 0.717) is 18.7 Å². The van der Waals surface area contributed by atoms with Crippen LogP contribution in [0.3, 0.4) is 0 Å². The van der Waals surface area contributed by atoms with Gasteiger partial charge in [-0.3, -0.25) is 4.79 Å². The molecular formula is C15H19FN4O2. The minimum Gasteiger partial charge on any atom is -0.396 e. The fourth-order valence-corrected chi connectivity index (χ4v) is 1.87. The van der Waals surface area contributed by atoms with Crippen LogP contribution < -0.4 is 5.32 Å². The van der Waals surface area contributed by atoms with Gasteiger partial charge in [0, 0.05) is 13.2 Å². The van der Waals surface area contributed by atoms with Crippen molar-refractivity contribution in [3.05, 3.63) is 42.0 Å². The van der Waals surface area contributed by atoms with Crippen LogP contribution in [0.15, 0.2) is 30.5 Å². The standard InChI is InChI=1S/C15H19FN4O2/c1-15(2,7-8-21)10-17-14(22)13-9-18-20(19-13)12-5-3-11(16)4-6-12/h3-6,9,21H,7-8,10H2,1-2H3,(H,17,22). The monoisotopic (exact) mass is 306 g/mol. The summed E-state index contributed by atoms with van der Waals surface area (Å²) in [6, 6.07) is 5.66. The summed E-state index contributed by atoms with van der Waals surface area (Å²) in [7, 11) is 0. The molecule has 2 aromatic rings. The SMILES string of the molecule is CC(C)(CCO)CNC(=O)c1cnn(-c2ccc(F)cc2)n1. The average Bonchev–Trinajstić information content (AvgIpc) is 2.95. The highest BCUT2D eigenvalue weighted by molar-refractivity contribution is 5.91. The van der Waals surface area contributed by atoms with Crippen LogP contribution >= 0.6 is 0 Å². The molecule has 2 N–H and O–H groups in total. The summed E-state index contributed by atoms with van der Waals surface area (Å²) in [5, 5.41) is 19.8. The minimum atomic E-state index is -0.347. The molecule has 1 aromatic heterocycles. The van der Waals surface area contributed by atoms with E-state index in [0.717, 1.165) is 0 Å². The summed E-state index contributed by atoms with van der Waals surface area (Å²) in [4.78, 5) is 13.3. The zero-order chi connectivity index (χ0) is 16.2. The minimum absolute atomic E-state index is 0.0730. The summed E-state index contributed by atoms with van der Waals surface area (Å²) in [5.41, 5.74) is 0.558. The highest BCUT2D eigenvalue weighted by Crippen LogP contribution is 2.18. The van der Waals surface area contributed by atoms with Gasteiger partial charge in [0.25, 0.3) is 5.91 Å². The van der Waals surface area contributed by atoms with E-state index in [4.69, 9.17) is 5.11 Å². The van der Waals surface area contributed by atoms with Gasteiger partial charge >= 0.3 is 0 Å². The van der Waals surface area contributed by atoms with Crippen molar-refractivity contribution in [1.82, 2.24) is 20.3 Å². The fourth-order valence-electron chi connectivity index (χ4n) is 1.87. The number of nitrogens with zero attached hydrogens (tertiary/aromatic N) is 3. The summed E-state index contributed by atoms with van der Waals surface area (Å²) in [6.45, 7) is 4.41. The molecule has 1 aromatic carbocycles. The summed E-state index contributed by atoms with van der Waals surface area (Å²) in [5.74, 6) is -0.681. The number of aliphatic hydroxyl groups is 1. The number of hydrogen-bond acceptors (Lipinski definition) is 4. The maximum atomic E-state index is 12.9. The van der Waals surface area contributed by atoms with E-state index in [-0.39, 0.29) is 29.4 Å². The molecule has 0 spiro atoms. The van der Waals surface area contributed by atoms with E-state index in [1.54, 1.807) is 0 Å². The van der Waals surface area contributed by atoms with Crippen LogP contribution in [0.5, 0.6) is 0 Å². The number of aromatic nitrogens is 3. The first kappa shape index (κ1) is 16.1. The Labute approximate surface area is 128 Å². The summed E-state index contributed by atoms with van der Waals surface area (Å²) >= 11 is 0. The topological polar surface area (TPSA) is 80.0 Å². The van der Waals surface area contributed by atoms with Gasteiger partial charge in [-0.1, -0.05) is 13.8 Å². The molecule has 0 fully saturated rings. The van der Waals surface area contributed by atoms with Gasteiger partial charge in [0.05, 0.1) is 11.9 Å². The number of carbonyl (C=O) groups excluding carboxylic acids is 1. The number of aliphatic hydroxyl groups excluding tert-OH is 1. The number of benzene rings is 1. The quantitative estimate of drug-likeness (QED) is 0.848. The van der Waals surface area contributed by atoms with E-state index in [9.17, 15) is 9.18 Å². The molecule has 0 aliphatic carbocycles. The molecule has 0 bridgehead atoms. The van der Waals surface area contributed by atoms with Crippen molar-refractivity contribution in [3.8, 4) is 5.69 Å². The first-order chi connectivity index (χ1) is 10.4. The predicted octanol–water partition coefficient (Wildman–Crippen LogP) is 1.54. The van der Waals surface area contributed by atoms with Crippen molar-refractivity contribution in [2.24, 2.45) is 5.41 Å². The van der Waals surface area contributed by atoms with Crippen LogP contribution in [-0.2, 0) is 0 Å². The predicted molar refractivity (Wildman–Crippen MR) is 79.1 cm³/mol. The van der Waals surface area contributed by atoms with Crippen LogP contribution in [0.2, 0.25) is 0 Å². The third-order valence-electron chi connectivity index (χ3n) is 3.30. The van der Waals surface area contributed by atoms with Crippen molar-refractivity contribution in [1.29, 1.82) is 0 Å². The molecule has 0 atom stereocenters. The molecule has 0 aliphatic heterocycles. The van der Waals surface area contributed by atoms with E-state index in [1.165, 1.54) is 35.3 Å². The number of hydrogen-bond donors (Lipinski definition) is 2. The lowest BCUT2D eigenvalue weighted by molar-refractivity contribution is 0.0922. The highest BCUT2D eigenvalue weighted by atomic mass is 19.1.